The summed E-state index contributed by atoms with van der Waals surface area (Å²) in [5, 5.41) is 0. The highest BCUT2D eigenvalue weighted by Crippen LogP contribution is 2.29. The second kappa shape index (κ2) is 6.12. The van der Waals surface area contributed by atoms with Crippen molar-refractivity contribution in [1.82, 2.24) is 4.31 Å². The van der Waals surface area contributed by atoms with Crippen molar-refractivity contribution in [1.29, 1.82) is 0 Å². The highest BCUT2D eigenvalue weighted by molar-refractivity contribution is 9.09. The fourth-order valence-corrected chi connectivity index (χ4v) is 4.82. The van der Waals surface area contributed by atoms with Gasteiger partial charge < -0.3 is 0 Å². The summed E-state index contributed by atoms with van der Waals surface area (Å²) in [4.78, 5) is 0.615. The maximum atomic E-state index is 13.1. The number of alkyl halides is 1. The molecule has 1 atom stereocenters. The third-order valence-electron chi connectivity index (χ3n) is 3.90. The van der Waals surface area contributed by atoms with E-state index in [1.54, 1.807) is 6.92 Å². The first-order chi connectivity index (χ1) is 9.32. The monoisotopic (exact) mass is 363 g/mol. The Kier molecular flexibility index (Phi) is 4.87. The van der Waals surface area contributed by atoms with Crippen LogP contribution in [0.15, 0.2) is 23.1 Å². The van der Waals surface area contributed by atoms with E-state index in [4.69, 9.17) is 0 Å². The predicted octanol–water partition coefficient (Wildman–Crippen LogP) is 3.32. The van der Waals surface area contributed by atoms with Gasteiger partial charge in [-0.15, -0.1) is 0 Å². The Morgan fingerprint density at radius 1 is 1.35 bits per heavy atom. The third-order valence-corrected chi connectivity index (χ3v) is 6.71. The molecule has 0 spiro atoms. The van der Waals surface area contributed by atoms with Crippen LogP contribution in [0.5, 0.6) is 0 Å². The van der Waals surface area contributed by atoms with Crippen molar-refractivity contribution in [2.45, 2.75) is 36.4 Å². The molecule has 6 heteroatoms. The van der Waals surface area contributed by atoms with E-state index in [-0.39, 0.29) is 4.90 Å². The summed E-state index contributed by atoms with van der Waals surface area (Å²) in [7, 11) is -3.51. The Morgan fingerprint density at radius 3 is 2.45 bits per heavy atom. The Bertz CT molecular complexity index is 581. The number of piperidine rings is 1. The van der Waals surface area contributed by atoms with Crippen LogP contribution in [-0.2, 0) is 10.0 Å². The van der Waals surface area contributed by atoms with Crippen molar-refractivity contribution < 1.29 is 12.8 Å². The van der Waals surface area contributed by atoms with E-state index in [1.807, 2.05) is 0 Å². The van der Waals surface area contributed by atoms with Crippen LogP contribution in [-0.4, -0.2) is 30.6 Å². The largest absolute Gasteiger partial charge is 0.243 e. The van der Waals surface area contributed by atoms with Gasteiger partial charge >= 0.3 is 0 Å². The van der Waals surface area contributed by atoms with Crippen molar-refractivity contribution in [3.8, 4) is 0 Å². The molecule has 1 aromatic rings. The molecular formula is C14H19BrFNO2S. The molecule has 0 N–H and O–H groups in total. The van der Waals surface area contributed by atoms with Crippen LogP contribution in [0.1, 0.15) is 25.3 Å². The Hall–Kier alpha value is -0.460. The summed E-state index contributed by atoms with van der Waals surface area (Å²) in [5.41, 5.74) is 0.459. The molecule has 112 valence electrons. The van der Waals surface area contributed by atoms with Crippen LogP contribution in [0, 0.1) is 18.7 Å². The molecule has 2 rings (SSSR count). The lowest BCUT2D eigenvalue weighted by molar-refractivity contribution is 0.274. The van der Waals surface area contributed by atoms with E-state index in [0.29, 0.717) is 29.4 Å². The topological polar surface area (TPSA) is 37.4 Å². The summed E-state index contributed by atoms with van der Waals surface area (Å²) in [6, 6.07) is 3.83. The van der Waals surface area contributed by atoms with Gasteiger partial charge in [-0.05, 0) is 49.4 Å². The van der Waals surface area contributed by atoms with Gasteiger partial charge in [0.05, 0.1) is 4.90 Å². The van der Waals surface area contributed by atoms with E-state index in [0.717, 1.165) is 12.8 Å². The summed E-state index contributed by atoms with van der Waals surface area (Å²) < 4.78 is 39.8. The second-order valence-electron chi connectivity index (χ2n) is 5.33. The van der Waals surface area contributed by atoms with E-state index in [2.05, 4.69) is 22.9 Å². The van der Waals surface area contributed by atoms with Gasteiger partial charge in [-0.25, -0.2) is 12.8 Å². The highest BCUT2D eigenvalue weighted by atomic mass is 79.9. The van der Waals surface area contributed by atoms with Crippen molar-refractivity contribution in [2.75, 3.05) is 13.1 Å². The van der Waals surface area contributed by atoms with Crippen LogP contribution in [0.2, 0.25) is 0 Å². The lowest BCUT2D eigenvalue weighted by Gasteiger charge is -2.32. The Balaban J connectivity index is 2.20. The molecular weight excluding hydrogens is 345 g/mol. The van der Waals surface area contributed by atoms with Crippen LogP contribution in [0.4, 0.5) is 4.39 Å². The van der Waals surface area contributed by atoms with Gasteiger partial charge in [-0.1, -0.05) is 22.9 Å². The van der Waals surface area contributed by atoms with Gasteiger partial charge in [0.2, 0.25) is 10.0 Å². The van der Waals surface area contributed by atoms with Crippen LogP contribution in [0.3, 0.4) is 0 Å². The molecule has 3 nitrogen and oxygen atoms in total. The first-order valence-corrected chi connectivity index (χ1v) is 9.08. The van der Waals surface area contributed by atoms with Crippen molar-refractivity contribution >= 4 is 26.0 Å². The van der Waals surface area contributed by atoms with Crippen molar-refractivity contribution in [3.05, 3.63) is 29.6 Å². The molecule has 0 radical (unpaired) electrons. The van der Waals surface area contributed by atoms with Crippen molar-refractivity contribution in [3.63, 3.8) is 0 Å². The summed E-state index contributed by atoms with van der Waals surface area (Å²) >= 11 is 3.56. The van der Waals surface area contributed by atoms with Crippen LogP contribution >= 0.6 is 15.9 Å². The summed E-state index contributed by atoms with van der Waals surface area (Å²) in [6.45, 7) is 4.78. The number of aryl methyl sites for hydroxylation is 1. The fourth-order valence-electron chi connectivity index (χ4n) is 2.62. The number of rotatable bonds is 3. The average molecular weight is 364 g/mol. The minimum Gasteiger partial charge on any atom is -0.207 e. The number of hydrogen-bond acceptors (Lipinski definition) is 2. The number of halogens is 2. The summed E-state index contributed by atoms with van der Waals surface area (Å²) in [5.74, 6) is 0.101. The first kappa shape index (κ1) is 15.9. The van der Waals surface area contributed by atoms with E-state index in [9.17, 15) is 12.8 Å². The zero-order valence-electron chi connectivity index (χ0n) is 11.6. The molecule has 1 aliphatic rings. The zero-order valence-corrected chi connectivity index (χ0v) is 14.0. The van der Waals surface area contributed by atoms with Gasteiger partial charge in [0.15, 0.2) is 0 Å². The van der Waals surface area contributed by atoms with E-state index < -0.39 is 15.8 Å². The maximum Gasteiger partial charge on any atom is 0.243 e. The molecule has 1 unspecified atom stereocenters. The van der Waals surface area contributed by atoms with Gasteiger partial charge in [-0.2, -0.15) is 4.31 Å². The first-order valence-electron chi connectivity index (χ1n) is 6.72. The molecule has 1 aromatic carbocycles. The van der Waals surface area contributed by atoms with Crippen molar-refractivity contribution in [2.24, 2.45) is 5.92 Å². The molecule has 1 fully saturated rings. The normalized spacial score (nSPS) is 20.0. The Morgan fingerprint density at radius 2 is 1.95 bits per heavy atom. The average Bonchev–Trinajstić information content (AvgIpc) is 2.38. The standard InChI is InChI=1S/C14H19BrFNO2S/c1-10-9-13(16)3-4-14(10)20(18,19)17-7-5-12(6-8-17)11(2)15/h3-4,9,11-12H,5-8H2,1-2H3. The molecule has 1 aliphatic heterocycles. The molecule has 0 bridgehead atoms. The molecule has 1 saturated heterocycles. The van der Waals surface area contributed by atoms with Gasteiger partial charge in [0, 0.05) is 17.9 Å². The molecule has 20 heavy (non-hydrogen) atoms. The molecule has 0 saturated carbocycles. The lowest BCUT2D eigenvalue weighted by Crippen LogP contribution is -2.40. The van der Waals surface area contributed by atoms with Crippen LogP contribution in [0.25, 0.3) is 0 Å². The predicted molar refractivity (Wildman–Crippen MR) is 81.0 cm³/mol. The molecule has 1 heterocycles. The van der Waals surface area contributed by atoms with Gasteiger partial charge in [0.25, 0.3) is 0 Å². The number of nitrogens with zero attached hydrogens (tertiary/aromatic N) is 1. The molecule has 0 aliphatic carbocycles. The van der Waals surface area contributed by atoms with E-state index >= 15 is 0 Å². The van der Waals surface area contributed by atoms with Gasteiger partial charge in [0.1, 0.15) is 5.82 Å². The summed E-state index contributed by atoms with van der Waals surface area (Å²) in [6.07, 6.45) is 1.71. The second-order valence-corrected chi connectivity index (χ2v) is 8.68. The third kappa shape index (κ3) is 3.23. The molecule has 0 amide bonds. The fraction of sp³-hybridized carbons (Fsp3) is 0.571. The smallest absolute Gasteiger partial charge is 0.207 e. The quantitative estimate of drug-likeness (QED) is 0.772. The number of benzene rings is 1. The lowest BCUT2D eigenvalue weighted by atomic mass is 9.96. The SMILES string of the molecule is Cc1cc(F)ccc1S(=O)(=O)N1CCC(C(C)Br)CC1. The van der Waals surface area contributed by atoms with Gasteiger partial charge in [-0.3, -0.25) is 0 Å². The van der Waals surface area contributed by atoms with Crippen LogP contribution < -0.4 is 0 Å². The van der Waals surface area contributed by atoms with E-state index in [1.165, 1.54) is 22.5 Å². The minimum atomic E-state index is -3.51. The Labute approximate surface area is 128 Å². The molecule has 0 aromatic heterocycles. The number of hydrogen-bond donors (Lipinski definition) is 0. The highest BCUT2D eigenvalue weighted by Gasteiger charge is 2.31. The minimum absolute atomic E-state index is 0.212. The maximum absolute atomic E-state index is 13.1. The number of sulfonamides is 1. The zero-order chi connectivity index (χ0) is 14.9.